The van der Waals surface area contributed by atoms with Gasteiger partial charge in [0.1, 0.15) is 17.2 Å². The molecule has 4 saturated carbocycles. The first-order valence-electron chi connectivity index (χ1n) is 20.0. The van der Waals surface area contributed by atoms with Gasteiger partial charge in [-0.3, -0.25) is 14.4 Å². The van der Waals surface area contributed by atoms with Crippen LogP contribution in [0.2, 0.25) is 0 Å². The number of hydrogen-bond donors (Lipinski definition) is 3. The number of rotatable bonds is 11. The topological polar surface area (TPSA) is 140 Å². The van der Waals surface area contributed by atoms with Crippen molar-refractivity contribution in [1.29, 1.82) is 0 Å². The highest BCUT2D eigenvalue weighted by molar-refractivity contribution is 7.17. The second kappa shape index (κ2) is 15.7. The molecule has 4 bridgehead atoms. The van der Waals surface area contributed by atoms with Crippen LogP contribution in [-0.4, -0.2) is 53.4 Å². The molecule has 0 spiro atoms. The summed E-state index contributed by atoms with van der Waals surface area (Å²) in [4.78, 5) is 69.2. The molecule has 0 aliphatic heterocycles. The van der Waals surface area contributed by atoms with Crippen molar-refractivity contribution in [2.75, 3.05) is 11.9 Å². The van der Waals surface area contributed by atoms with Crippen LogP contribution >= 0.6 is 11.3 Å². The lowest BCUT2D eigenvalue weighted by Gasteiger charge is -2.56. The van der Waals surface area contributed by atoms with Crippen LogP contribution < -0.4 is 16.0 Å². The average molecular weight is 792 g/mol. The van der Waals surface area contributed by atoms with Crippen LogP contribution in [0.5, 0.6) is 0 Å². The first kappa shape index (κ1) is 40.2. The van der Waals surface area contributed by atoms with Gasteiger partial charge in [0.2, 0.25) is 5.91 Å². The summed E-state index contributed by atoms with van der Waals surface area (Å²) in [5.74, 6) is -0.603. The smallest absolute Gasteiger partial charge is 0.338 e. The highest BCUT2D eigenvalue weighted by Crippen LogP contribution is 2.59. The van der Waals surface area contributed by atoms with Crippen LogP contribution in [-0.2, 0) is 20.7 Å². The molecule has 1 heterocycles. The summed E-state index contributed by atoms with van der Waals surface area (Å²) in [6.07, 6.45) is 7.49. The molecule has 0 radical (unpaired) electrons. The van der Waals surface area contributed by atoms with Gasteiger partial charge >= 0.3 is 11.9 Å². The summed E-state index contributed by atoms with van der Waals surface area (Å²) < 4.78 is 12.1. The van der Waals surface area contributed by atoms with E-state index in [0.717, 1.165) is 52.7 Å². The Morgan fingerprint density at radius 1 is 0.737 bits per heavy atom. The Morgan fingerprint density at radius 2 is 1.30 bits per heavy atom. The van der Waals surface area contributed by atoms with Gasteiger partial charge in [-0.15, -0.1) is 11.3 Å². The van der Waals surface area contributed by atoms with E-state index in [1.165, 1.54) is 48.8 Å². The lowest BCUT2D eigenvalue weighted by molar-refractivity contribution is -0.118. The predicted molar refractivity (Wildman–Crippen MR) is 222 cm³/mol. The Kier molecular flexibility index (Phi) is 11.1. The molecule has 10 nitrogen and oxygen atoms in total. The lowest BCUT2D eigenvalue weighted by atomic mass is 9.49. The number of hydrogen-bond acceptors (Lipinski definition) is 8. The van der Waals surface area contributed by atoms with Crippen molar-refractivity contribution >= 4 is 56.8 Å². The fourth-order valence-corrected chi connectivity index (χ4v) is 10.2. The number of nitrogens with one attached hydrogen (secondary N) is 3. The predicted octanol–water partition coefficient (Wildman–Crippen LogP) is 8.74. The summed E-state index contributed by atoms with van der Waals surface area (Å²) in [6, 6.07) is 17.8. The highest BCUT2D eigenvalue weighted by atomic mass is 32.1. The Morgan fingerprint density at radius 3 is 1.86 bits per heavy atom. The van der Waals surface area contributed by atoms with Crippen molar-refractivity contribution in [1.82, 2.24) is 10.6 Å². The lowest BCUT2D eigenvalue weighted by Crippen LogP contribution is -2.51. The van der Waals surface area contributed by atoms with Gasteiger partial charge in [-0.05, 0) is 156 Å². The maximum absolute atomic E-state index is 14.4. The first-order valence-corrected chi connectivity index (χ1v) is 20.9. The summed E-state index contributed by atoms with van der Waals surface area (Å²) in [5, 5.41) is 11.8. The molecule has 300 valence electrons. The van der Waals surface area contributed by atoms with E-state index < -0.39 is 41.0 Å². The van der Waals surface area contributed by atoms with Gasteiger partial charge in [-0.1, -0.05) is 30.3 Å². The zero-order chi connectivity index (χ0) is 40.7. The van der Waals surface area contributed by atoms with Gasteiger partial charge in [-0.2, -0.15) is 0 Å². The molecule has 1 aromatic heterocycles. The number of ether oxygens (including phenoxy) is 2. The largest absolute Gasteiger partial charge is 0.456 e. The zero-order valence-corrected chi connectivity index (χ0v) is 34.5. The maximum atomic E-state index is 14.4. The molecule has 3 amide bonds. The van der Waals surface area contributed by atoms with Crippen LogP contribution in [0.15, 0.2) is 72.1 Å². The quantitative estimate of drug-likeness (QED) is 0.129. The van der Waals surface area contributed by atoms with Crippen molar-refractivity contribution in [3.63, 3.8) is 0 Å². The highest BCUT2D eigenvalue weighted by Gasteiger charge is 2.50. The monoisotopic (exact) mass is 791 g/mol. The molecule has 4 aliphatic carbocycles. The van der Waals surface area contributed by atoms with Crippen molar-refractivity contribution in [2.24, 2.45) is 23.2 Å². The number of esters is 2. The molecule has 1 atom stereocenters. The second-order valence-electron chi connectivity index (χ2n) is 18.5. The van der Waals surface area contributed by atoms with Gasteiger partial charge in [0.15, 0.2) is 0 Å². The number of amides is 3. The Balaban J connectivity index is 1.16. The third-order valence-electron chi connectivity index (χ3n) is 11.2. The number of fused-ring (bicyclic) bond motifs is 1. The third kappa shape index (κ3) is 9.75. The van der Waals surface area contributed by atoms with Crippen LogP contribution in [0.25, 0.3) is 10.1 Å². The van der Waals surface area contributed by atoms with Gasteiger partial charge in [0, 0.05) is 23.4 Å². The molecular weight excluding hydrogens is 739 g/mol. The summed E-state index contributed by atoms with van der Waals surface area (Å²) in [5.41, 5.74) is -0.0671. The van der Waals surface area contributed by atoms with E-state index in [1.807, 2.05) is 41.8 Å². The van der Waals surface area contributed by atoms with E-state index in [2.05, 4.69) is 16.0 Å². The van der Waals surface area contributed by atoms with Crippen molar-refractivity contribution in [3.8, 4) is 0 Å². The molecule has 57 heavy (non-hydrogen) atoms. The van der Waals surface area contributed by atoms with Gasteiger partial charge in [-0.25, -0.2) is 9.59 Å². The summed E-state index contributed by atoms with van der Waals surface area (Å²) in [6.45, 7) is 11.0. The molecule has 8 rings (SSSR count). The van der Waals surface area contributed by atoms with E-state index in [-0.39, 0.29) is 45.7 Å². The molecular formula is C46H53N3O7S. The molecule has 3 aromatic carbocycles. The third-order valence-corrected chi connectivity index (χ3v) is 12.1. The standard InChI is InChI=1S/C46H53N3O7S/c1-44(2,3)55-42(53)32-18-33(43(54)56-45(4,5)6)20-34(19-32)48-41(52)37(17-27-10-8-7-9-11-27)49-40(51)35-21-31-12-13-57-38(31)22-36(35)39(50)47-26-46-23-28-14-29(24-46)16-30(15-28)25-46/h7-13,18-22,28-30,37H,14-17,23-26H2,1-6H3,(H,47,50)(H,48,52)(H,49,51)/t28?,29?,30?,37-,46?/m0/s1. The molecule has 0 unspecified atom stereocenters. The number of benzene rings is 3. The van der Waals surface area contributed by atoms with Crippen molar-refractivity contribution < 1.29 is 33.4 Å². The number of anilines is 1. The Labute approximate surface area is 338 Å². The van der Waals surface area contributed by atoms with Gasteiger partial charge in [0.25, 0.3) is 11.8 Å². The van der Waals surface area contributed by atoms with Crippen molar-refractivity contribution in [2.45, 2.75) is 104 Å². The minimum Gasteiger partial charge on any atom is -0.456 e. The van der Waals surface area contributed by atoms with E-state index in [0.29, 0.717) is 6.54 Å². The summed E-state index contributed by atoms with van der Waals surface area (Å²) >= 11 is 1.50. The Bertz CT molecular complexity index is 2110. The molecule has 4 fully saturated rings. The number of carbonyl (C=O) groups is 5. The van der Waals surface area contributed by atoms with Crippen LogP contribution in [0.1, 0.15) is 127 Å². The maximum Gasteiger partial charge on any atom is 0.338 e. The minimum atomic E-state index is -1.11. The van der Waals surface area contributed by atoms with Crippen LogP contribution in [0.3, 0.4) is 0 Å². The second-order valence-corrected chi connectivity index (χ2v) is 19.4. The van der Waals surface area contributed by atoms with E-state index >= 15 is 0 Å². The molecule has 3 N–H and O–H groups in total. The fourth-order valence-electron chi connectivity index (χ4n) is 9.39. The molecule has 0 saturated heterocycles. The van der Waals surface area contributed by atoms with Gasteiger partial charge < -0.3 is 25.4 Å². The van der Waals surface area contributed by atoms with E-state index in [9.17, 15) is 24.0 Å². The van der Waals surface area contributed by atoms with E-state index in [1.54, 1.807) is 53.7 Å². The average Bonchev–Trinajstić information content (AvgIpc) is 3.59. The zero-order valence-electron chi connectivity index (χ0n) is 33.7. The SMILES string of the molecule is CC(C)(C)OC(=O)c1cc(NC(=O)[C@H](Cc2ccccc2)NC(=O)c2cc3ccsc3cc2C(=O)NCC23CC4CC(CC(C4)C2)C3)cc(C(=O)OC(C)(C)C)c1. The summed E-state index contributed by atoms with van der Waals surface area (Å²) in [7, 11) is 0. The minimum absolute atomic E-state index is 0.0421. The number of thiophene rings is 1. The van der Waals surface area contributed by atoms with Crippen LogP contribution in [0.4, 0.5) is 5.69 Å². The van der Waals surface area contributed by atoms with Gasteiger partial charge in [0.05, 0.1) is 22.3 Å². The van der Waals surface area contributed by atoms with E-state index in [4.69, 9.17) is 9.47 Å². The van der Waals surface area contributed by atoms with Crippen molar-refractivity contribution in [3.05, 3.63) is 99.9 Å². The fraction of sp³-hybridized carbons (Fsp3) is 0.457. The van der Waals surface area contributed by atoms with Crippen LogP contribution in [0, 0.1) is 23.2 Å². The normalized spacial score (nSPS) is 21.8. The molecule has 4 aliphatic rings. The molecule has 11 heteroatoms. The number of carbonyl (C=O) groups excluding carboxylic acids is 5. The Hall–Kier alpha value is -5.03. The molecule has 4 aromatic rings. The first-order chi connectivity index (χ1) is 26.9.